The molecule has 0 bridgehead atoms. The zero-order valence-corrected chi connectivity index (χ0v) is 11.7. The third-order valence-electron chi connectivity index (χ3n) is 2.49. The van der Waals surface area contributed by atoms with Crippen LogP contribution in [0.25, 0.3) is 0 Å². The van der Waals surface area contributed by atoms with Gasteiger partial charge in [-0.2, -0.15) is 5.26 Å². The van der Waals surface area contributed by atoms with Gasteiger partial charge in [-0.25, -0.2) is 0 Å². The molecule has 0 heterocycles. The molecule has 0 spiro atoms. The van der Waals surface area contributed by atoms with Gasteiger partial charge in [-0.15, -0.1) is 11.6 Å². The molecule has 1 aromatic rings. The van der Waals surface area contributed by atoms with Crippen molar-refractivity contribution in [3.8, 4) is 11.8 Å². The van der Waals surface area contributed by atoms with Crippen molar-refractivity contribution < 1.29 is 9.90 Å². The number of halogens is 1. The van der Waals surface area contributed by atoms with Crippen LogP contribution in [0, 0.1) is 11.3 Å². The first-order valence-corrected chi connectivity index (χ1v) is 6.66. The Morgan fingerprint density at radius 3 is 2.65 bits per heavy atom. The molecule has 106 valence electrons. The highest BCUT2D eigenvalue weighted by Gasteiger charge is 2.07. The number of phenols is 1. The standard InChI is InChI=1S/C14H16ClN3O2/c15-6-8-17-10-12(9-16)14(20)18-7-5-11-1-3-13(19)4-2-11/h1-4,10,17,19H,5-8H2,(H,18,20)/b12-10-. The van der Waals surface area contributed by atoms with Crippen LogP contribution in [0.5, 0.6) is 5.75 Å². The van der Waals surface area contributed by atoms with Crippen molar-refractivity contribution in [1.29, 1.82) is 5.26 Å². The van der Waals surface area contributed by atoms with E-state index >= 15 is 0 Å². The summed E-state index contributed by atoms with van der Waals surface area (Å²) in [6.45, 7) is 0.908. The summed E-state index contributed by atoms with van der Waals surface area (Å²) in [7, 11) is 0. The van der Waals surface area contributed by atoms with Gasteiger partial charge in [0.25, 0.3) is 5.91 Å². The zero-order chi connectivity index (χ0) is 14.8. The van der Waals surface area contributed by atoms with Gasteiger partial charge in [0, 0.05) is 25.2 Å². The van der Waals surface area contributed by atoms with E-state index in [1.54, 1.807) is 24.3 Å². The number of phenolic OH excluding ortho intramolecular Hbond substituents is 1. The molecular weight excluding hydrogens is 278 g/mol. The fourth-order valence-corrected chi connectivity index (χ4v) is 1.56. The highest BCUT2D eigenvalue weighted by atomic mass is 35.5. The van der Waals surface area contributed by atoms with E-state index in [9.17, 15) is 4.79 Å². The van der Waals surface area contributed by atoms with Gasteiger partial charge in [-0.1, -0.05) is 12.1 Å². The summed E-state index contributed by atoms with van der Waals surface area (Å²) < 4.78 is 0. The molecule has 1 aromatic carbocycles. The van der Waals surface area contributed by atoms with Crippen molar-refractivity contribution in [3.63, 3.8) is 0 Å². The van der Waals surface area contributed by atoms with Gasteiger partial charge in [-0.05, 0) is 24.1 Å². The molecule has 20 heavy (non-hydrogen) atoms. The summed E-state index contributed by atoms with van der Waals surface area (Å²) in [6.07, 6.45) is 1.98. The first kappa shape index (κ1) is 15.9. The largest absolute Gasteiger partial charge is 0.508 e. The Bertz CT molecular complexity index is 506. The highest BCUT2D eigenvalue weighted by Crippen LogP contribution is 2.09. The molecule has 0 atom stereocenters. The maximum absolute atomic E-state index is 11.7. The summed E-state index contributed by atoms with van der Waals surface area (Å²) in [4.78, 5) is 11.7. The first-order chi connectivity index (χ1) is 9.67. The SMILES string of the molecule is N#C/C(=C/NCCCl)C(=O)NCCc1ccc(O)cc1. The number of carbonyl (C=O) groups is 1. The minimum Gasteiger partial charge on any atom is -0.508 e. The second-order valence-electron chi connectivity index (χ2n) is 3.99. The number of benzene rings is 1. The van der Waals surface area contributed by atoms with Crippen molar-refractivity contribution in [1.82, 2.24) is 10.6 Å². The number of amides is 1. The van der Waals surface area contributed by atoms with Crippen molar-refractivity contribution in [2.75, 3.05) is 19.0 Å². The van der Waals surface area contributed by atoms with E-state index in [0.29, 0.717) is 25.4 Å². The predicted molar refractivity (Wildman–Crippen MR) is 77.2 cm³/mol. The number of nitriles is 1. The van der Waals surface area contributed by atoms with Crippen LogP contribution < -0.4 is 10.6 Å². The number of nitrogens with zero attached hydrogens (tertiary/aromatic N) is 1. The number of carbonyl (C=O) groups excluding carboxylic acids is 1. The van der Waals surface area contributed by atoms with Crippen molar-refractivity contribution in [2.45, 2.75) is 6.42 Å². The minimum atomic E-state index is -0.423. The zero-order valence-electron chi connectivity index (χ0n) is 10.9. The fourth-order valence-electron chi connectivity index (χ4n) is 1.46. The van der Waals surface area contributed by atoms with E-state index in [4.69, 9.17) is 22.0 Å². The number of aromatic hydroxyl groups is 1. The average Bonchev–Trinajstić information content (AvgIpc) is 2.45. The highest BCUT2D eigenvalue weighted by molar-refractivity contribution is 6.18. The topological polar surface area (TPSA) is 85.2 Å². The second kappa shape index (κ2) is 8.83. The molecular formula is C14H16ClN3O2. The Morgan fingerprint density at radius 1 is 1.35 bits per heavy atom. The lowest BCUT2D eigenvalue weighted by Gasteiger charge is -2.05. The number of hydrogen-bond donors (Lipinski definition) is 3. The Kier molecular flexibility index (Phi) is 7.01. The van der Waals surface area contributed by atoms with Crippen LogP contribution in [0.1, 0.15) is 5.56 Å². The molecule has 1 rings (SSSR count). The fraction of sp³-hybridized carbons (Fsp3) is 0.286. The molecule has 0 aliphatic heterocycles. The van der Waals surface area contributed by atoms with Gasteiger partial charge in [-0.3, -0.25) is 4.79 Å². The summed E-state index contributed by atoms with van der Waals surface area (Å²) in [5, 5.41) is 23.4. The Balaban J connectivity index is 2.40. The van der Waals surface area contributed by atoms with E-state index in [0.717, 1.165) is 5.56 Å². The Labute approximate surface area is 122 Å². The molecule has 0 aliphatic carbocycles. The normalized spacial score (nSPS) is 10.7. The minimum absolute atomic E-state index is 0.0147. The lowest BCUT2D eigenvalue weighted by atomic mass is 10.1. The maximum atomic E-state index is 11.7. The molecule has 0 fully saturated rings. The van der Waals surface area contributed by atoms with Gasteiger partial charge in [0.05, 0.1) is 0 Å². The number of alkyl halides is 1. The molecule has 0 aliphatic rings. The second-order valence-corrected chi connectivity index (χ2v) is 4.36. The van der Waals surface area contributed by atoms with E-state index < -0.39 is 5.91 Å². The van der Waals surface area contributed by atoms with Crippen LogP contribution in [-0.2, 0) is 11.2 Å². The summed E-state index contributed by atoms with van der Waals surface area (Å²) in [6, 6.07) is 8.57. The molecule has 5 nitrogen and oxygen atoms in total. The van der Waals surface area contributed by atoms with Gasteiger partial charge < -0.3 is 15.7 Å². The Morgan fingerprint density at radius 2 is 2.05 bits per heavy atom. The Hall–Kier alpha value is -2.19. The molecule has 1 amide bonds. The molecule has 0 aromatic heterocycles. The summed E-state index contributed by atoms with van der Waals surface area (Å²) in [5.74, 6) is 0.184. The van der Waals surface area contributed by atoms with Crippen LogP contribution in [-0.4, -0.2) is 30.0 Å². The number of rotatable bonds is 7. The van der Waals surface area contributed by atoms with Crippen LogP contribution >= 0.6 is 11.6 Å². The van der Waals surface area contributed by atoms with Crippen molar-refractivity contribution >= 4 is 17.5 Å². The van der Waals surface area contributed by atoms with Crippen LogP contribution in [0.3, 0.4) is 0 Å². The monoisotopic (exact) mass is 293 g/mol. The first-order valence-electron chi connectivity index (χ1n) is 6.13. The molecule has 0 saturated heterocycles. The number of hydrogen-bond acceptors (Lipinski definition) is 4. The lowest BCUT2D eigenvalue weighted by Crippen LogP contribution is -2.27. The smallest absolute Gasteiger partial charge is 0.263 e. The molecule has 0 unspecified atom stereocenters. The summed E-state index contributed by atoms with van der Waals surface area (Å²) >= 11 is 5.48. The van der Waals surface area contributed by atoms with Gasteiger partial charge in [0.2, 0.25) is 0 Å². The molecule has 3 N–H and O–H groups in total. The molecule has 0 radical (unpaired) electrons. The van der Waals surface area contributed by atoms with Crippen molar-refractivity contribution in [2.24, 2.45) is 0 Å². The van der Waals surface area contributed by atoms with E-state index in [-0.39, 0.29) is 11.3 Å². The van der Waals surface area contributed by atoms with Gasteiger partial charge in [0.15, 0.2) is 0 Å². The quantitative estimate of drug-likeness (QED) is 0.306. The van der Waals surface area contributed by atoms with Gasteiger partial charge in [0.1, 0.15) is 17.4 Å². The maximum Gasteiger partial charge on any atom is 0.263 e. The van der Waals surface area contributed by atoms with Gasteiger partial charge >= 0.3 is 0 Å². The average molecular weight is 294 g/mol. The molecule has 6 heteroatoms. The van der Waals surface area contributed by atoms with E-state index in [1.165, 1.54) is 6.20 Å². The predicted octanol–water partition coefficient (Wildman–Crippen LogP) is 1.29. The lowest BCUT2D eigenvalue weighted by molar-refractivity contribution is -0.117. The van der Waals surface area contributed by atoms with E-state index in [1.807, 2.05) is 6.07 Å². The van der Waals surface area contributed by atoms with E-state index in [2.05, 4.69) is 10.6 Å². The van der Waals surface area contributed by atoms with Crippen molar-refractivity contribution in [3.05, 3.63) is 41.6 Å². The summed E-state index contributed by atoms with van der Waals surface area (Å²) in [5.41, 5.74) is 1.01. The van der Waals surface area contributed by atoms with Crippen LogP contribution in [0.4, 0.5) is 0 Å². The third-order valence-corrected chi connectivity index (χ3v) is 2.67. The third kappa shape index (κ3) is 5.63. The number of nitrogens with one attached hydrogen (secondary N) is 2. The molecule has 0 saturated carbocycles. The van der Waals surface area contributed by atoms with Crippen LogP contribution in [0.15, 0.2) is 36.0 Å². The van der Waals surface area contributed by atoms with Crippen LogP contribution in [0.2, 0.25) is 0 Å².